The SMILES string of the molecule is CC(C)CC(NC(=O)C(CCC(=O)O)NC(=O)C(N)CCCCN)C(=O)NC(Cc1c[nH]c2ccccc12)C(=O)O. The molecule has 1 aromatic heterocycles. The Hall–Kier alpha value is -3.97. The first-order chi connectivity index (χ1) is 19.4. The third-order valence-corrected chi connectivity index (χ3v) is 6.64. The molecule has 0 saturated carbocycles. The number of benzene rings is 1. The van der Waals surface area contributed by atoms with E-state index in [-0.39, 0.29) is 25.2 Å². The average molecular weight is 575 g/mol. The normalized spacial score (nSPS) is 14.2. The molecular formula is C28H42N6O7. The van der Waals surface area contributed by atoms with Crippen molar-refractivity contribution in [3.63, 3.8) is 0 Å². The molecule has 4 atom stereocenters. The Balaban J connectivity index is 2.16. The molecule has 0 saturated heterocycles. The van der Waals surface area contributed by atoms with E-state index in [0.29, 0.717) is 31.4 Å². The van der Waals surface area contributed by atoms with Crippen LogP contribution in [0.15, 0.2) is 30.5 Å². The predicted octanol–water partition coefficient (Wildman–Crippen LogP) is 0.617. The molecule has 13 nitrogen and oxygen atoms in total. The van der Waals surface area contributed by atoms with Crippen LogP contribution in [0, 0.1) is 5.92 Å². The minimum atomic E-state index is -1.28. The summed E-state index contributed by atoms with van der Waals surface area (Å²) >= 11 is 0. The molecule has 0 radical (unpaired) electrons. The summed E-state index contributed by atoms with van der Waals surface area (Å²) in [6, 6.07) is 2.79. The number of aliphatic carboxylic acids is 2. The van der Waals surface area contributed by atoms with E-state index in [1.807, 2.05) is 38.1 Å². The fraction of sp³-hybridized carbons (Fsp3) is 0.536. The number of rotatable bonds is 18. The van der Waals surface area contributed by atoms with Gasteiger partial charge in [-0.05, 0) is 49.8 Å². The summed E-state index contributed by atoms with van der Waals surface area (Å²) < 4.78 is 0. The highest BCUT2D eigenvalue weighted by Crippen LogP contribution is 2.19. The van der Waals surface area contributed by atoms with E-state index >= 15 is 0 Å². The second-order valence-electron chi connectivity index (χ2n) is 10.5. The van der Waals surface area contributed by atoms with Crippen LogP contribution in [0.1, 0.15) is 57.9 Å². The number of nitrogens with two attached hydrogens (primary N) is 2. The fourth-order valence-corrected chi connectivity index (χ4v) is 4.42. The smallest absolute Gasteiger partial charge is 0.326 e. The van der Waals surface area contributed by atoms with Gasteiger partial charge in [0, 0.05) is 29.9 Å². The number of fused-ring (bicyclic) bond motifs is 1. The number of para-hydroxylation sites is 1. The van der Waals surface area contributed by atoms with Crippen molar-refractivity contribution in [3.8, 4) is 0 Å². The minimum absolute atomic E-state index is 0.00672. The highest BCUT2D eigenvalue weighted by atomic mass is 16.4. The van der Waals surface area contributed by atoms with Crippen LogP contribution >= 0.6 is 0 Å². The number of carbonyl (C=O) groups is 5. The standard InChI is InChI=1S/C28H42N6O7/c1-16(2)13-22(27(39)34-23(28(40)41)14-17-15-31-20-9-4-3-7-18(17)20)33-26(38)21(10-11-24(35)36)32-25(37)19(30)8-5-6-12-29/h3-4,7,9,15-16,19,21-23,31H,5-6,8,10-14,29-30H2,1-2H3,(H,32,37)(H,33,38)(H,34,39)(H,35,36)(H,40,41). The van der Waals surface area contributed by atoms with Crippen molar-refractivity contribution in [1.29, 1.82) is 0 Å². The number of H-pyrrole nitrogens is 1. The molecular weight excluding hydrogens is 532 g/mol. The Labute approximate surface area is 238 Å². The molecule has 2 rings (SSSR count). The van der Waals surface area contributed by atoms with Crippen LogP contribution in [0.25, 0.3) is 10.9 Å². The maximum atomic E-state index is 13.3. The first kappa shape index (κ1) is 33.2. The lowest BCUT2D eigenvalue weighted by Gasteiger charge is -2.26. The zero-order valence-corrected chi connectivity index (χ0v) is 23.5. The van der Waals surface area contributed by atoms with Gasteiger partial charge in [0.1, 0.15) is 18.1 Å². The molecule has 0 aliphatic heterocycles. The summed E-state index contributed by atoms with van der Waals surface area (Å²) in [4.78, 5) is 65.4. The number of hydrogen-bond acceptors (Lipinski definition) is 7. The van der Waals surface area contributed by atoms with Crippen molar-refractivity contribution < 1.29 is 34.2 Å². The van der Waals surface area contributed by atoms with E-state index in [9.17, 15) is 29.1 Å². The predicted molar refractivity (Wildman–Crippen MR) is 153 cm³/mol. The van der Waals surface area contributed by atoms with Crippen molar-refractivity contribution >= 4 is 40.6 Å². The van der Waals surface area contributed by atoms with Crippen LogP contribution in [0.2, 0.25) is 0 Å². The van der Waals surface area contributed by atoms with Crippen LogP contribution in [0.4, 0.5) is 0 Å². The Morgan fingerprint density at radius 1 is 0.878 bits per heavy atom. The van der Waals surface area contributed by atoms with Gasteiger partial charge in [-0.15, -0.1) is 0 Å². The Bertz CT molecular complexity index is 1200. The van der Waals surface area contributed by atoms with E-state index in [2.05, 4.69) is 20.9 Å². The number of nitrogens with one attached hydrogen (secondary N) is 4. The average Bonchev–Trinajstić information content (AvgIpc) is 3.32. The number of aromatic nitrogens is 1. The van der Waals surface area contributed by atoms with Gasteiger partial charge in [-0.2, -0.15) is 0 Å². The Morgan fingerprint density at radius 2 is 1.51 bits per heavy atom. The van der Waals surface area contributed by atoms with E-state index in [0.717, 1.165) is 10.9 Å². The summed E-state index contributed by atoms with van der Waals surface area (Å²) in [5, 5.41) is 27.4. The van der Waals surface area contributed by atoms with Crippen molar-refractivity contribution in [1.82, 2.24) is 20.9 Å². The third-order valence-electron chi connectivity index (χ3n) is 6.64. The van der Waals surface area contributed by atoms with Gasteiger partial charge in [0.15, 0.2) is 0 Å². The molecule has 4 unspecified atom stereocenters. The second kappa shape index (κ2) is 16.3. The van der Waals surface area contributed by atoms with Crippen molar-refractivity contribution in [2.45, 2.75) is 83.0 Å². The Morgan fingerprint density at radius 3 is 2.15 bits per heavy atom. The lowest BCUT2D eigenvalue weighted by molar-refractivity contribution is -0.142. The van der Waals surface area contributed by atoms with Gasteiger partial charge in [0.05, 0.1) is 6.04 Å². The van der Waals surface area contributed by atoms with Gasteiger partial charge in [0.25, 0.3) is 0 Å². The molecule has 0 aliphatic carbocycles. The summed E-state index contributed by atoms with van der Waals surface area (Å²) in [7, 11) is 0. The summed E-state index contributed by atoms with van der Waals surface area (Å²) in [6.07, 6.45) is 2.86. The number of amides is 3. The number of hydrogen-bond donors (Lipinski definition) is 8. The van der Waals surface area contributed by atoms with E-state index in [1.54, 1.807) is 6.20 Å². The van der Waals surface area contributed by atoms with Gasteiger partial charge < -0.3 is 42.6 Å². The summed E-state index contributed by atoms with van der Waals surface area (Å²) in [5.74, 6) is -4.57. The van der Waals surface area contributed by atoms with Crippen LogP contribution in [0.5, 0.6) is 0 Å². The molecule has 13 heteroatoms. The quantitative estimate of drug-likeness (QED) is 0.116. The van der Waals surface area contributed by atoms with E-state index < -0.39 is 60.2 Å². The highest BCUT2D eigenvalue weighted by molar-refractivity contribution is 5.94. The fourth-order valence-electron chi connectivity index (χ4n) is 4.42. The van der Waals surface area contributed by atoms with Gasteiger partial charge in [-0.3, -0.25) is 19.2 Å². The molecule has 10 N–H and O–H groups in total. The number of carbonyl (C=O) groups excluding carboxylic acids is 3. The van der Waals surface area contributed by atoms with Crippen molar-refractivity contribution in [2.75, 3.05) is 6.54 Å². The van der Waals surface area contributed by atoms with Crippen molar-refractivity contribution in [3.05, 3.63) is 36.0 Å². The van der Waals surface area contributed by atoms with Crippen LogP contribution in [-0.2, 0) is 30.4 Å². The number of carboxylic acids is 2. The first-order valence-electron chi connectivity index (χ1n) is 13.8. The third kappa shape index (κ3) is 10.8. The van der Waals surface area contributed by atoms with Crippen LogP contribution in [0.3, 0.4) is 0 Å². The van der Waals surface area contributed by atoms with Crippen LogP contribution < -0.4 is 27.4 Å². The van der Waals surface area contributed by atoms with Gasteiger partial charge >= 0.3 is 11.9 Å². The zero-order valence-electron chi connectivity index (χ0n) is 23.5. The molecule has 2 aromatic rings. The number of carboxylic acid groups (broad SMARTS) is 2. The van der Waals surface area contributed by atoms with Gasteiger partial charge in [-0.1, -0.05) is 38.5 Å². The molecule has 1 heterocycles. The summed E-state index contributed by atoms with van der Waals surface area (Å²) in [6.45, 7) is 4.11. The lowest BCUT2D eigenvalue weighted by atomic mass is 10.00. The highest BCUT2D eigenvalue weighted by Gasteiger charge is 2.31. The topological polar surface area (TPSA) is 230 Å². The molecule has 226 valence electrons. The number of aromatic amines is 1. The summed E-state index contributed by atoms with van der Waals surface area (Å²) in [5.41, 5.74) is 12.9. The largest absolute Gasteiger partial charge is 0.481 e. The van der Waals surface area contributed by atoms with Gasteiger partial charge in [-0.25, -0.2) is 4.79 Å². The Kier molecular flexibility index (Phi) is 13.2. The monoisotopic (exact) mass is 574 g/mol. The molecule has 0 aliphatic rings. The second-order valence-corrected chi connectivity index (χ2v) is 10.5. The molecule has 41 heavy (non-hydrogen) atoms. The number of unbranched alkanes of at least 4 members (excludes halogenated alkanes) is 1. The molecule has 3 amide bonds. The molecule has 0 fully saturated rings. The maximum Gasteiger partial charge on any atom is 0.326 e. The maximum absolute atomic E-state index is 13.3. The molecule has 1 aromatic carbocycles. The van der Waals surface area contributed by atoms with Crippen molar-refractivity contribution in [2.24, 2.45) is 17.4 Å². The van der Waals surface area contributed by atoms with E-state index in [1.165, 1.54) is 0 Å². The molecule has 0 spiro atoms. The van der Waals surface area contributed by atoms with Crippen LogP contribution in [-0.4, -0.2) is 75.6 Å². The minimum Gasteiger partial charge on any atom is -0.481 e. The molecule has 0 bridgehead atoms. The van der Waals surface area contributed by atoms with E-state index in [4.69, 9.17) is 16.6 Å². The first-order valence-corrected chi connectivity index (χ1v) is 13.8. The zero-order chi connectivity index (χ0) is 30.5. The lowest BCUT2D eigenvalue weighted by Crippen LogP contribution is -2.57. The van der Waals surface area contributed by atoms with Gasteiger partial charge in [0.2, 0.25) is 17.7 Å².